The number of carbonyl (C=O) groups is 2. The summed E-state index contributed by atoms with van der Waals surface area (Å²) in [5.41, 5.74) is 2.80. The highest BCUT2D eigenvalue weighted by atomic mass is 19.4. The second-order valence-electron chi connectivity index (χ2n) is 8.48. The highest BCUT2D eigenvalue weighted by Crippen LogP contribution is 2.33. The maximum absolute atomic E-state index is 13.1. The molecule has 2 saturated heterocycles. The van der Waals surface area contributed by atoms with E-state index >= 15 is 0 Å². The maximum Gasteiger partial charge on any atom is 0.416 e. The van der Waals surface area contributed by atoms with Crippen LogP contribution in [0.1, 0.15) is 23.1 Å². The van der Waals surface area contributed by atoms with E-state index in [4.69, 9.17) is 0 Å². The number of carbonyl (C=O) groups excluding carboxylic acids is 2. The number of nitrogens with zero attached hydrogens (tertiary/aromatic N) is 3. The van der Waals surface area contributed by atoms with E-state index in [2.05, 4.69) is 0 Å². The van der Waals surface area contributed by atoms with Crippen LogP contribution in [0, 0.1) is 19.8 Å². The summed E-state index contributed by atoms with van der Waals surface area (Å²) in [6.45, 7) is 6.07. The first-order valence-corrected chi connectivity index (χ1v) is 10.7. The van der Waals surface area contributed by atoms with Gasteiger partial charge >= 0.3 is 6.18 Å². The van der Waals surface area contributed by atoms with E-state index in [1.165, 1.54) is 6.07 Å². The summed E-state index contributed by atoms with van der Waals surface area (Å²) >= 11 is 0. The van der Waals surface area contributed by atoms with Crippen LogP contribution in [0.5, 0.6) is 0 Å². The molecule has 8 heteroatoms. The zero-order chi connectivity index (χ0) is 23.0. The molecule has 2 aromatic rings. The van der Waals surface area contributed by atoms with Crippen molar-refractivity contribution in [1.82, 2.24) is 4.90 Å². The SMILES string of the molecule is Cc1cccc(N2CC(C(=O)N3CCN(c4cccc(C(F)(F)F)c4)CC3)CC2=O)c1C. The molecule has 170 valence electrons. The molecule has 0 spiro atoms. The Morgan fingerprint density at radius 2 is 1.69 bits per heavy atom. The Morgan fingerprint density at radius 1 is 1.00 bits per heavy atom. The molecule has 2 aromatic carbocycles. The van der Waals surface area contributed by atoms with Crippen molar-refractivity contribution in [1.29, 1.82) is 0 Å². The molecule has 5 nitrogen and oxygen atoms in total. The molecule has 1 unspecified atom stereocenters. The number of halogens is 3. The molecule has 0 saturated carbocycles. The molecular weight excluding hydrogens is 419 g/mol. The first-order valence-electron chi connectivity index (χ1n) is 10.7. The Morgan fingerprint density at radius 3 is 2.38 bits per heavy atom. The van der Waals surface area contributed by atoms with Gasteiger partial charge in [-0.05, 0) is 49.2 Å². The first kappa shape index (κ1) is 22.2. The fourth-order valence-corrected chi connectivity index (χ4v) is 4.46. The van der Waals surface area contributed by atoms with Gasteiger partial charge in [0.15, 0.2) is 0 Å². The minimum absolute atomic E-state index is 0.0559. The Labute approximate surface area is 185 Å². The van der Waals surface area contributed by atoms with Crippen LogP contribution in [-0.4, -0.2) is 49.4 Å². The number of aryl methyl sites for hydroxylation is 1. The van der Waals surface area contributed by atoms with Crippen LogP contribution >= 0.6 is 0 Å². The van der Waals surface area contributed by atoms with Gasteiger partial charge in [0, 0.05) is 50.5 Å². The van der Waals surface area contributed by atoms with Gasteiger partial charge in [0.2, 0.25) is 11.8 Å². The van der Waals surface area contributed by atoms with Crippen LogP contribution < -0.4 is 9.80 Å². The lowest BCUT2D eigenvalue weighted by Gasteiger charge is -2.37. The number of anilines is 2. The van der Waals surface area contributed by atoms with E-state index in [-0.39, 0.29) is 18.2 Å². The summed E-state index contributed by atoms with van der Waals surface area (Å²) in [6, 6.07) is 11.1. The van der Waals surface area contributed by atoms with Crippen LogP contribution in [0.25, 0.3) is 0 Å². The van der Waals surface area contributed by atoms with Crippen LogP contribution in [0.2, 0.25) is 0 Å². The number of amides is 2. The number of hydrogen-bond acceptors (Lipinski definition) is 3. The predicted molar refractivity (Wildman–Crippen MR) is 117 cm³/mol. The second-order valence-corrected chi connectivity index (χ2v) is 8.48. The molecule has 2 aliphatic rings. The molecule has 2 amide bonds. The smallest absolute Gasteiger partial charge is 0.368 e. The van der Waals surface area contributed by atoms with Gasteiger partial charge in [-0.2, -0.15) is 13.2 Å². The number of benzene rings is 2. The van der Waals surface area contributed by atoms with Crippen molar-refractivity contribution in [3.63, 3.8) is 0 Å². The molecule has 2 aliphatic heterocycles. The molecule has 0 aromatic heterocycles. The van der Waals surface area contributed by atoms with Crippen molar-refractivity contribution in [3.8, 4) is 0 Å². The summed E-state index contributed by atoms with van der Waals surface area (Å²) in [5, 5.41) is 0. The largest absolute Gasteiger partial charge is 0.416 e. The molecule has 0 N–H and O–H groups in total. The van der Waals surface area contributed by atoms with Gasteiger partial charge in [-0.1, -0.05) is 18.2 Å². The number of piperazine rings is 1. The van der Waals surface area contributed by atoms with Crippen molar-refractivity contribution in [2.75, 3.05) is 42.5 Å². The van der Waals surface area contributed by atoms with E-state index in [9.17, 15) is 22.8 Å². The van der Waals surface area contributed by atoms with Crippen molar-refractivity contribution >= 4 is 23.2 Å². The average molecular weight is 445 g/mol. The van der Waals surface area contributed by atoms with Crippen LogP contribution in [0.4, 0.5) is 24.5 Å². The minimum Gasteiger partial charge on any atom is -0.368 e. The van der Waals surface area contributed by atoms with Gasteiger partial charge in [-0.15, -0.1) is 0 Å². The van der Waals surface area contributed by atoms with E-state index in [0.29, 0.717) is 38.4 Å². The van der Waals surface area contributed by atoms with E-state index < -0.39 is 17.7 Å². The van der Waals surface area contributed by atoms with E-state index in [1.807, 2.05) is 36.9 Å². The van der Waals surface area contributed by atoms with E-state index in [0.717, 1.165) is 28.9 Å². The third kappa shape index (κ3) is 4.31. The van der Waals surface area contributed by atoms with E-state index in [1.54, 1.807) is 15.9 Å². The molecule has 0 aliphatic carbocycles. The molecule has 2 heterocycles. The Hall–Kier alpha value is -3.03. The lowest BCUT2D eigenvalue weighted by molar-refractivity contribution is -0.137. The first-order chi connectivity index (χ1) is 15.1. The quantitative estimate of drug-likeness (QED) is 0.717. The third-order valence-corrected chi connectivity index (χ3v) is 6.47. The maximum atomic E-state index is 13.1. The normalized spacial score (nSPS) is 19.6. The van der Waals surface area contributed by atoms with Gasteiger partial charge in [0.25, 0.3) is 0 Å². The summed E-state index contributed by atoms with van der Waals surface area (Å²) in [7, 11) is 0. The zero-order valence-electron chi connectivity index (χ0n) is 18.2. The van der Waals surface area contributed by atoms with Gasteiger partial charge in [0.1, 0.15) is 0 Å². The van der Waals surface area contributed by atoms with Gasteiger partial charge in [-0.25, -0.2) is 0 Å². The minimum atomic E-state index is -4.38. The molecule has 0 bridgehead atoms. The molecule has 32 heavy (non-hydrogen) atoms. The second kappa shape index (κ2) is 8.48. The lowest BCUT2D eigenvalue weighted by Crippen LogP contribution is -2.50. The van der Waals surface area contributed by atoms with Crippen LogP contribution in [0.3, 0.4) is 0 Å². The Bertz CT molecular complexity index is 1030. The molecular formula is C24H26F3N3O2. The zero-order valence-corrected chi connectivity index (χ0v) is 18.2. The Balaban J connectivity index is 1.39. The summed E-state index contributed by atoms with van der Waals surface area (Å²) < 4.78 is 39.0. The molecule has 1 atom stereocenters. The van der Waals surface area contributed by atoms with Crippen molar-refractivity contribution in [3.05, 3.63) is 59.2 Å². The van der Waals surface area contributed by atoms with Crippen molar-refractivity contribution in [2.45, 2.75) is 26.4 Å². The van der Waals surface area contributed by atoms with Crippen molar-refractivity contribution < 1.29 is 22.8 Å². The standard InChI is InChI=1S/C24H26F3N3O2/c1-16-5-3-8-21(17(16)2)30-15-18(13-22(30)31)23(32)29-11-9-28(10-12-29)20-7-4-6-19(14-20)24(25,26)27/h3-8,14,18H,9-13,15H2,1-2H3. The van der Waals surface area contributed by atoms with Crippen LogP contribution in [-0.2, 0) is 15.8 Å². The highest BCUT2D eigenvalue weighted by molar-refractivity contribution is 6.01. The van der Waals surface area contributed by atoms with Gasteiger partial charge in [0.05, 0.1) is 11.5 Å². The third-order valence-electron chi connectivity index (χ3n) is 6.47. The highest BCUT2D eigenvalue weighted by Gasteiger charge is 2.38. The van der Waals surface area contributed by atoms with Gasteiger partial charge < -0.3 is 14.7 Å². The monoisotopic (exact) mass is 445 g/mol. The van der Waals surface area contributed by atoms with Crippen LogP contribution in [0.15, 0.2) is 42.5 Å². The molecule has 0 radical (unpaired) electrons. The van der Waals surface area contributed by atoms with Gasteiger partial charge in [-0.3, -0.25) is 9.59 Å². The predicted octanol–water partition coefficient (Wildman–Crippen LogP) is 4.02. The molecule has 2 fully saturated rings. The van der Waals surface area contributed by atoms with Crippen molar-refractivity contribution in [2.24, 2.45) is 5.92 Å². The fraction of sp³-hybridized carbons (Fsp3) is 0.417. The summed E-state index contributed by atoms with van der Waals surface area (Å²) in [4.78, 5) is 31.0. The summed E-state index contributed by atoms with van der Waals surface area (Å²) in [6.07, 6.45) is -4.20. The number of hydrogen-bond donors (Lipinski definition) is 0. The number of alkyl halides is 3. The molecule has 4 rings (SSSR count). The average Bonchev–Trinajstić information content (AvgIpc) is 3.16. The number of rotatable bonds is 3. The topological polar surface area (TPSA) is 43.9 Å². The fourth-order valence-electron chi connectivity index (χ4n) is 4.46. The lowest BCUT2D eigenvalue weighted by atomic mass is 10.1. The Kier molecular flexibility index (Phi) is 5.88. The summed E-state index contributed by atoms with van der Waals surface area (Å²) in [5.74, 6) is -0.517.